The summed E-state index contributed by atoms with van der Waals surface area (Å²) in [6.45, 7) is 3.76. The first kappa shape index (κ1) is 19.3. The van der Waals surface area contributed by atoms with Gasteiger partial charge in [0.15, 0.2) is 5.43 Å². The average Bonchev–Trinajstić information content (AvgIpc) is 2.81. The predicted molar refractivity (Wildman–Crippen MR) is 127 cm³/mol. The highest BCUT2D eigenvalue weighted by molar-refractivity contribution is 5.93. The molecule has 6 nitrogen and oxygen atoms in total. The largest absolute Gasteiger partial charge is 0.366 e. The maximum absolute atomic E-state index is 13.1. The molecule has 0 unspecified atom stereocenters. The number of nitrogens with zero attached hydrogens (tertiary/aromatic N) is 4. The van der Waals surface area contributed by atoms with E-state index >= 15 is 0 Å². The normalized spacial score (nSPS) is 14.7. The van der Waals surface area contributed by atoms with Crippen molar-refractivity contribution in [1.29, 1.82) is 0 Å². The minimum atomic E-state index is -0.0379. The van der Waals surface area contributed by atoms with Gasteiger partial charge in [-0.1, -0.05) is 36.4 Å². The zero-order valence-electron chi connectivity index (χ0n) is 17.5. The number of anilines is 3. The van der Waals surface area contributed by atoms with Crippen LogP contribution in [0.25, 0.3) is 16.6 Å². The van der Waals surface area contributed by atoms with Crippen LogP contribution in [-0.4, -0.2) is 47.7 Å². The molecule has 5 rings (SSSR count). The number of aromatic nitrogens is 2. The second kappa shape index (κ2) is 8.24. The summed E-state index contributed by atoms with van der Waals surface area (Å²) in [7, 11) is 2.14. The highest BCUT2D eigenvalue weighted by Crippen LogP contribution is 2.31. The zero-order valence-corrected chi connectivity index (χ0v) is 17.5. The van der Waals surface area contributed by atoms with Gasteiger partial charge >= 0.3 is 0 Å². The van der Waals surface area contributed by atoms with Gasteiger partial charge in [-0.2, -0.15) is 0 Å². The van der Waals surface area contributed by atoms with Gasteiger partial charge in [0.2, 0.25) is 0 Å². The second-order valence-electron chi connectivity index (χ2n) is 7.90. The molecule has 1 N–H and O–H groups in total. The van der Waals surface area contributed by atoms with Crippen molar-refractivity contribution in [2.75, 3.05) is 43.4 Å². The number of para-hydroxylation sites is 2. The van der Waals surface area contributed by atoms with E-state index in [1.165, 1.54) is 0 Å². The molecular formula is C25H25N5O. The number of pyridine rings is 2. The van der Waals surface area contributed by atoms with Crippen molar-refractivity contribution in [3.8, 4) is 5.69 Å². The Morgan fingerprint density at radius 3 is 2.26 bits per heavy atom. The van der Waals surface area contributed by atoms with Gasteiger partial charge in [-0.05, 0) is 31.3 Å². The number of hydrogen-bond donors (Lipinski definition) is 1. The summed E-state index contributed by atoms with van der Waals surface area (Å²) >= 11 is 0. The fraction of sp³-hybridized carbons (Fsp3) is 0.200. The summed E-state index contributed by atoms with van der Waals surface area (Å²) in [4.78, 5) is 22.2. The van der Waals surface area contributed by atoms with Crippen molar-refractivity contribution >= 4 is 28.1 Å². The number of rotatable bonds is 4. The maximum Gasteiger partial charge on any atom is 0.193 e. The Labute approximate surface area is 181 Å². The Balaban J connectivity index is 1.77. The van der Waals surface area contributed by atoms with Crippen molar-refractivity contribution in [3.05, 3.63) is 89.3 Å². The van der Waals surface area contributed by atoms with E-state index in [1.807, 2.05) is 54.7 Å². The Kier molecular flexibility index (Phi) is 5.14. The van der Waals surface area contributed by atoms with Gasteiger partial charge in [-0.3, -0.25) is 14.3 Å². The molecule has 31 heavy (non-hydrogen) atoms. The van der Waals surface area contributed by atoms with Gasteiger partial charge in [0.25, 0.3) is 0 Å². The van der Waals surface area contributed by atoms with E-state index < -0.39 is 0 Å². The average molecular weight is 412 g/mol. The lowest BCUT2D eigenvalue weighted by Crippen LogP contribution is -2.44. The maximum atomic E-state index is 13.1. The third kappa shape index (κ3) is 3.78. The van der Waals surface area contributed by atoms with Gasteiger partial charge < -0.3 is 15.1 Å². The van der Waals surface area contributed by atoms with E-state index in [9.17, 15) is 4.79 Å². The van der Waals surface area contributed by atoms with Gasteiger partial charge in [-0.25, -0.2) is 0 Å². The molecule has 1 saturated heterocycles. The number of benzene rings is 2. The minimum Gasteiger partial charge on any atom is -0.366 e. The molecule has 0 atom stereocenters. The number of likely N-dealkylation sites (N-methyl/N-ethyl adjacent to an activating group) is 1. The van der Waals surface area contributed by atoms with Crippen LogP contribution < -0.4 is 15.6 Å². The van der Waals surface area contributed by atoms with Gasteiger partial charge in [0.05, 0.1) is 22.8 Å². The van der Waals surface area contributed by atoms with E-state index in [0.29, 0.717) is 5.39 Å². The van der Waals surface area contributed by atoms with Gasteiger partial charge in [-0.15, -0.1) is 0 Å². The van der Waals surface area contributed by atoms with Crippen molar-refractivity contribution in [1.82, 2.24) is 14.5 Å². The van der Waals surface area contributed by atoms with Crippen LogP contribution in [0.3, 0.4) is 0 Å². The topological polar surface area (TPSA) is 53.4 Å². The summed E-state index contributed by atoms with van der Waals surface area (Å²) in [5, 5.41) is 4.08. The third-order valence-electron chi connectivity index (χ3n) is 5.80. The van der Waals surface area contributed by atoms with Crippen LogP contribution in [-0.2, 0) is 0 Å². The first-order valence-electron chi connectivity index (χ1n) is 10.6. The van der Waals surface area contributed by atoms with Crippen molar-refractivity contribution in [2.24, 2.45) is 0 Å². The number of fused-ring (bicyclic) bond motifs is 1. The first-order chi connectivity index (χ1) is 15.2. The first-order valence-corrected chi connectivity index (χ1v) is 10.6. The summed E-state index contributed by atoms with van der Waals surface area (Å²) in [6.07, 6.45) is 3.57. The molecule has 156 valence electrons. The quantitative estimate of drug-likeness (QED) is 0.552. The Bertz CT molecular complexity index is 1250. The van der Waals surface area contributed by atoms with Crippen molar-refractivity contribution in [3.63, 3.8) is 0 Å². The molecule has 0 spiro atoms. The van der Waals surface area contributed by atoms with E-state index in [2.05, 4.69) is 43.8 Å². The molecule has 3 heterocycles. The molecule has 0 saturated carbocycles. The van der Waals surface area contributed by atoms with Crippen molar-refractivity contribution in [2.45, 2.75) is 0 Å². The molecule has 4 aromatic rings. The van der Waals surface area contributed by atoms with Crippen LogP contribution in [0.15, 0.2) is 83.9 Å². The highest BCUT2D eigenvalue weighted by Gasteiger charge is 2.21. The number of hydrogen-bond acceptors (Lipinski definition) is 5. The summed E-state index contributed by atoms with van der Waals surface area (Å²) < 4.78 is 2.14. The summed E-state index contributed by atoms with van der Waals surface area (Å²) in [5.74, 6) is 0.733. The smallest absolute Gasteiger partial charge is 0.193 e. The molecule has 1 aliphatic heterocycles. The van der Waals surface area contributed by atoms with Crippen LogP contribution in [0.1, 0.15) is 0 Å². The summed E-state index contributed by atoms with van der Waals surface area (Å²) in [6, 6.07) is 21.8. The fourth-order valence-corrected chi connectivity index (χ4v) is 4.13. The SMILES string of the molecule is CN1CCN(c2cncc3c(=O)cc(Nc4ccccc4)n(-c4ccccc4)c23)CC1. The molecule has 0 radical (unpaired) electrons. The van der Waals surface area contributed by atoms with Crippen molar-refractivity contribution < 1.29 is 0 Å². The predicted octanol–water partition coefficient (Wildman–Crippen LogP) is 3.88. The molecular weight excluding hydrogens is 386 g/mol. The Morgan fingerprint density at radius 2 is 1.55 bits per heavy atom. The number of nitrogens with one attached hydrogen (secondary N) is 1. The lowest BCUT2D eigenvalue weighted by Gasteiger charge is -2.35. The van der Waals surface area contributed by atoms with E-state index in [1.54, 1.807) is 12.3 Å². The molecule has 6 heteroatoms. The van der Waals surface area contributed by atoms with Crippen LogP contribution in [0.5, 0.6) is 0 Å². The van der Waals surface area contributed by atoms with E-state index in [-0.39, 0.29) is 5.43 Å². The molecule has 0 aliphatic carbocycles. The van der Waals surface area contributed by atoms with Crippen LogP contribution in [0.4, 0.5) is 17.2 Å². The molecule has 0 amide bonds. The van der Waals surface area contributed by atoms with Crippen LogP contribution in [0, 0.1) is 0 Å². The van der Waals surface area contributed by atoms with E-state index in [0.717, 1.165) is 54.6 Å². The lowest BCUT2D eigenvalue weighted by molar-refractivity contribution is 0.313. The number of piperazine rings is 1. The third-order valence-corrected chi connectivity index (χ3v) is 5.80. The highest BCUT2D eigenvalue weighted by atomic mass is 16.1. The monoisotopic (exact) mass is 411 g/mol. The second-order valence-corrected chi connectivity index (χ2v) is 7.90. The minimum absolute atomic E-state index is 0.0379. The van der Waals surface area contributed by atoms with Crippen LogP contribution in [0.2, 0.25) is 0 Å². The van der Waals surface area contributed by atoms with E-state index in [4.69, 9.17) is 0 Å². The van der Waals surface area contributed by atoms with Gasteiger partial charge in [0.1, 0.15) is 5.82 Å². The lowest BCUT2D eigenvalue weighted by atomic mass is 10.1. The zero-order chi connectivity index (χ0) is 21.2. The fourth-order valence-electron chi connectivity index (χ4n) is 4.13. The molecule has 1 fully saturated rings. The standard InChI is InChI=1S/C25H25N5O/c1-28-12-14-29(15-13-28)22-18-26-17-21-23(31)16-24(27-19-8-4-2-5-9-19)30(25(21)22)20-10-6-3-7-11-20/h2-11,16-18,27H,12-15H2,1H3. The summed E-state index contributed by atoms with van der Waals surface area (Å²) in [5.41, 5.74) is 3.76. The molecule has 2 aromatic carbocycles. The van der Waals surface area contributed by atoms with Crippen LogP contribution >= 0.6 is 0 Å². The Hall–Kier alpha value is -3.64. The van der Waals surface area contributed by atoms with Gasteiger partial charge in [0, 0.05) is 49.8 Å². The molecule has 1 aliphatic rings. The molecule has 2 aromatic heterocycles. The Morgan fingerprint density at radius 1 is 0.871 bits per heavy atom. The molecule has 0 bridgehead atoms.